The third kappa shape index (κ3) is 8.06. The number of anilines is 1. The van der Waals surface area contributed by atoms with Gasteiger partial charge in [0.2, 0.25) is 5.82 Å². The molecule has 2 rings (SSSR count). The Morgan fingerprint density at radius 2 is 2.10 bits per heavy atom. The molecule has 0 unspecified atom stereocenters. The van der Waals surface area contributed by atoms with Crippen LogP contribution in [0.25, 0.3) is 0 Å². The number of aliphatic imine (C=N–C) groups is 2. The van der Waals surface area contributed by atoms with Crippen LogP contribution in [0.5, 0.6) is 0 Å². The monoisotopic (exact) mass is 498 g/mol. The van der Waals surface area contributed by atoms with Crippen molar-refractivity contribution in [2.45, 2.75) is 46.1 Å². The van der Waals surface area contributed by atoms with Gasteiger partial charge >= 0.3 is 6.09 Å². The van der Waals surface area contributed by atoms with E-state index in [1.807, 2.05) is 5.48 Å². The van der Waals surface area contributed by atoms with Crippen molar-refractivity contribution in [3.63, 3.8) is 0 Å². The third-order valence-corrected chi connectivity index (χ3v) is 4.25. The van der Waals surface area contributed by atoms with Crippen molar-refractivity contribution in [1.29, 1.82) is 0 Å². The number of hydrogen-bond donors (Lipinski definition) is 3. The quantitative estimate of drug-likeness (QED) is 0.218. The number of benzene rings is 1. The summed E-state index contributed by atoms with van der Waals surface area (Å²) < 4.78 is 23.5. The van der Waals surface area contributed by atoms with Gasteiger partial charge < -0.3 is 10.1 Å². The Morgan fingerprint density at radius 1 is 1.35 bits per heavy atom. The number of amides is 1. The first-order chi connectivity index (χ1) is 14.6. The number of nitrogens with zero attached hydrogens (tertiary/aromatic N) is 4. The van der Waals surface area contributed by atoms with E-state index in [-0.39, 0.29) is 21.8 Å². The molecule has 0 aliphatic rings. The van der Waals surface area contributed by atoms with Gasteiger partial charge in [-0.1, -0.05) is 0 Å². The standard InChI is InChI=1S/C19H24BrFN6O4/c1-11(23-18(28)30-19(2,3)4)6-5-9-22-16-15(26-31-27-16)17(25-29)24-12-7-8-14(21)13(20)10-12/h7-8,10,29H,5-6,9H2,1-4H3,(H,22,27)(H,24,25). The second-order valence-electron chi connectivity index (χ2n) is 7.49. The zero-order valence-corrected chi connectivity index (χ0v) is 19.2. The first kappa shape index (κ1) is 24.4. The van der Waals surface area contributed by atoms with Crippen LogP contribution >= 0.6 is 15.9 Å². The highest BCUT2D eigenvalue weighted by Gasteiger charge is 2.17. The number of carbonyl (C=O) groups excluding carboxylic acids is 1. The number of hydroxylamine groups is 1. The molecule has 2 aromatic rings. The molecule has 0 radical (unpaired) electrons. The van der Waals surface area contributed by atoms with Crippen LogP contribution in [0.3, 0.4) is 0 Å². The van der Waals surface area contributed by atoms with Crippen LogP contribution in [-0.4, -0.2) is 45.3 Å². The van der Waals surface area contributed by atoms with E-state index in [0.29, 0.717) is 30.8 Å². The van der Waals surface area contributed by atoms with Gasteiger partial charge in [0.15, 0.2) is 11.5 Å². The highest BCUT2D eigenvalue weighted by molar-refractivity contribution is 9.10. The van der Waals surface area contributed by atoms with E-state index in [2.05, 4.69) is 41.5 Å². The smallest absolute Gasteiger partial charge is 0.434 e. The van der Waals surface area contributed by atoms with E-state index in [0.717, 1.165) is 0 Å². The Labute approximate surface area is 187 Å². The summed E-state index contributed by atoms with van der Waals surface area (Å²) in [5.41, 5.74) is 2.49. The van der Waals surface area contributed by atoms with Crippen LogP contribution in [0.15, 0.2) is 37.3 Å². The largest absolute Gasteiger partial charge is 0.442 e. The molecule has 0 bridgehead atoms. The van der Waals surface area contributed by atoms with Crippen molar-refractivity contribution < 1.29 is 23.8 Å². The van der Waals surface area contributed by atoms with Crippen LogP contribution in [0, 0.1) is 5.82 Å². The van der Waals surface area contributed by atoms with Crippen LogP contribution < -0.4 is 10.8 Å². The van der Waals surface area contributed by atoms with Gasteiger partial charge in [0, 0.05) is 12.3 Å². The Bertz CT molecular complexity index is 971. The summed E-state index contributed by atoms with van der Waals surface area (Å²) in [6.45, 7) is 7.53. The topological polar surface area (TPSA) is 134 Å². The Kier molecular flexibility index (Phi) is 8.63. The lowest BCUT2D eigenvalue weighted by Crippen LogP contribution is -2.22. The third-order valence-electron chi connectivity index (χ3n) is 3.65. The second-order valence-corrected chi connectivity index (χ2v) is 8.34. The van der Waals surface area contributed by atoms with Crippen LogP contribution in [-0.2, 0) is 4.74 Å². The van der Waals surface area contributed by atoms with E-state index in [9.17, 15) is 14.4 Å². The van der Waals surface area contributed by atoms with Gasteiger partial charge in [-0.25, -0.2) is 18.8 Å². The number of ether oxygens (including phenoxy) is 1. The number of aromatic nitrogens is 2. The summed E-state index contributed by atoms with van der Waals surface area (Å²) in [5, 5.41) is 20.0. The van der Waals surface area contributed by atoms with Crippen molar-refractivity contribution in [1.82, 2.24) is 15.8 Å². The highest BCUT2D eigenvalue weighted by Crippen LogP contribution is 2.23. The molecule has 0 atom stereocenters. The number of nitrogens with one attached hydrogen (secondary N) is 2. The summed E-state index contributed by atoms with van der Waals surface area (Å²) in [5.74, 6) is -0.221. The van der Waals surface area contributed by atoms with Gasteiger partial charge in [0.25, 0.3) is 0 Å². The van der Waals surface area contributed by atoms with Crippen molar-refractivity contribution in [2.24, 2.45) is 9.98 Å². The van der Waals surface area contributed by atoms with Gasteiger partial charge in [-0.3, -0.25) is 10.7 Å². The summed E-state index contributed by atoms with van der Waals surface area (Å²) in [6, 6.07) is 4.12. The first-order valence-electron chi connectivity index (χ1n) is 9.37. The Morgan fingerprint density at radius 3 is 2.74 bits per heavy atom. The Balaban J connectivity index is 1.96. The molecule has 1 aromatic carbocycles. The highest BCUT2D eigenvalue weighted by atomic mass is 79.9. The SMILES string of the molecule is CC(CCCNc1nonc1C(=Nc1ccc(F)c(Br)c1)NO)=NC(=O)OC(C)(C)C. The predicted octanol–water partition coefficient (Wildman–Crippen LogP) is 4.62. The van der Waals surface area contributed by atoms with Crippen molar-refractivity contribution in [2.75, 3.05) is 11.9 Å². The molecule has 31 heavy (non-hydrogen) atoms. The summed E-state index contributed by atoms with van der Waals surface area (Å²) in [4.78, 5) is 19.8. The number of carbonyl (C=O) groups is 1. The lowest BCUT2D eigenvalue weighted by molar-refractivity contribution is 0.0604. The number of hydrogen-bond acceptors (Lipinski definition) is 8. The van der Waals surface area contributed by atoms with Gasteiger partial charge in [0.1, 0.15) is 11.4 Å². The minimum atomic E-state index is -0.622. The number of amidine groups is 1. The molecule has 0 saturated heterocycles. The molecule has 0 saturated carbocycles. The average molecular weight is 499 g/mol. The zero-order valence-electron chi connectivity index (χ0n) is 17.6. The molecule has 0 spiro atoms. The fourth-order valence-corrected chi connectivity index (χ4v) is 2.69. The molecule has 0 aliphatic carbocycles. The number of rotatable bonds is 7. The molecule has 1 aromatic heterocycles. The van der Waals surface area contributed by atoms with E-state index < -0.39 is 17.5 Å². The molecule has 168 valence electrons. The average Bonchev–Trinajstić information content (AvgIpc) is 3.12. The van der Waals surface area contributed by atoms with Gasteiger partial charge in [-0.05, 0) is 85.0 Å². The summed E-state index contributed by atoms with van der Waals surface area (Å²) in [7, 11) is 0. The molecular formula is C19H24BrFN6O4. The van der Waals surface area contributed by atoms with E-state index >= 15 is 0 Å². The van der Waals surface area contributed by atoms with Crippen molar-refractivity contribution in [3.8, 4) is 0 Å². The molecule has 0 fully saturated rings. The fourth-order valence-electron chi connectivity index (χ4n) is 2.32. The van der Waals surface area contributed by atoms with Gasteiger partial charge in [-0.2, -0.15) is 4.99 Å². The lowest BCUT2D eigenvalue weighted by atomic mass is 10.2. The molecular weight excluding hydrogens is 475 g/mol. The maximum Gasteiger partial charge on any atom is 0.434 e. The zero-order chi connectivity index (χ0) is 23.0. The molecule has 10 nitrogen and oxygen atoms in total. The number of halogens is 2. The van der Waals surface area contributed by atoms with Gasteiger partial charge in [0.05, 0.1) is 10.2 Å². The second kappa shape index (κ2) is 11.0. The van der Waals surface area contributed by atoms with Gasteiger partial charge in [-0.15, -0.1) is 0 Å². The molecule has 0 aliphatic heterocycles. The maximum atomic E-state index is 13.4. The molecule has 1 heterocycles. The first-order valence-corrected chi connectivity index (χ1v) is 10.2. The predicted molar refractivity (Wildman–Crippen MR) is 117 cm³/mol. The normalized spacial score (nSPS) is 12.6. The lowest BCUT2D eigenvalue weighted by Gasteiger charge is -2.17. The molecule has 1 amide bonds. The van der Waals surface area contributed by atoms with Crippen LogP contribution in [0.4, 0.5) is 20.7 Å². The summed E-state index contributed by atoms with van der Waals surface area (Å²) >= 11 is 3.08. The molecule has 3 N–H and O–H groups in total. The van der Waals surface area contributed by atoms with Crippen molar-refractivity contribution in [3.05, 3.63) is 34.2 Å². The van der Waals surface area contributed by atoms with Crippen LogP contribution in [0.1, 0.15) is 46.2 Å². The maximum absolute atomic E-state index is 13.4. The van der Waals surface area contributed by atoms with E-state index in [1.54, 1.807) is 27.7 Å². The van der Waals surface area contributed by atoms with Crippen molar-refractivity contribution >= 4 is 45.1 Å². The van der Waals surface area contributed by atoms with E-state index in [1.165, 1.54) is 18.2 Å². The minimum Gasteiger partial charge on any atom is -0.442 e. The minimum absolute atomic E-state index is 0.0371. The fraction of sp³-hybridized carbons (Fsp3) is 0.421. The molecule has 12 heteroatoms. The Hall–Kier alpha value is -2.86. The summed E-state index contributed by atoms with van der Waals surface area (Å²) in [6.07, 6.45) is 0.563. The van der Waals surface area contributed by atoms with Crippen LogP contribution in [0.2, 0.25) is 0 Å². The van der Waals surface area contributed by atoms with E-state index in [4.69, 9.17) is 9.37 Å².